The van der Waals surface area contributed by atoms with Crippen molar-refractivity contribution in [3.05, 3.63) is 28.8 Å². The summed E-state index contributed by atoms with van der Waals surface area (Å²) in [5.74, 6) is 3.43. The summed E-state index contributed by atoms with van der Waals surface area (Å²) in [6.45, 7) is 16.8. The molecule has 1 heterocycles. The number of ketones is 1. The lowest BCUT2D eigenvalue weighted by Gasteiger charge is -2.48. The third-order valence-electron chi connectivity index (χ3n) is 9.48. The molecule has 3 fully saturated rings. The molecule has 4 unspecified atom stereocenters. The molecule has 200 valence electrons. The number of hydrogen-bond donors (Lipinski definition) is 1. The zero-order valence-corrected chi connectivity index (χ0v) is 24.9. The Morgan fingerprint density at radius 3 is 2.61 bits per heavy atom. The molecule has 0 radical (unpaired) electrons. The molecule has 3 aliphatic carbocycles. The summed E-state index contributed by atoms with van der Waals surface area (Å²) < 4.78 is 6.39. The lowest BCUT2D eigenvalue weighted by Crippen LogP contribution is -2.44. The molecule has 0 spiro atoms. The van der Waals surface area contributed by atoms with Crippen LogP contribution in [-0.4, -0.2) is 53.5 Å². The van der Waals surface area contributed by atoms with Crippen LogP contribution in [0.15, 0.2) is 12.1 Å². The van der Waals surface area contributed by atoms with Gasteiger partial charge in [0, 0.05) is 59.6 Å². The number of methoxy groups -OCH3 is 1. The number of carbonyl (C=O) groups excluding carboxylic acids is 1. The van der Waals surface area contributed by atoms with E-state index in [2.05, 4.69) is 57.0 Å². The van der Waals surface area contributed by atoms with Gasteiger partial charge in [-0.3, -0.25) is 9.69 Å². The highest BCUT2D eigenvalue weighted by molar-refractivity contribution is 8.77. The highest BCUT2D eigenvalue weighted by Gasteiger charge is 2.54. The fourth-order valence-corrected chi connectivity index (χ4v) is 10.2. The van der Waals surface area contributed by atoms with Gasteiger partial charge in [-0.1, -0.05) is 34.6 Å². The number of benzene rings is 1. The quantitative estimate of drug-likeness (QED) is 0.452. The fraction of sp³-hybridized carbons (Fsp3) is 0.767. The third-order valence-corrected chi connectivity index (χ3v) is 13.7. The van der Waals surface area contributed by atoms with Gasteiger partial charge in [-0.2, -0.15) is 0 Å². The molecule has 1 aromatic rings. The smallest absolute Gasteiger partial charge is 0.139 e. The molecule has 2 saturated carbocycles. The van der Waals surface area contributed by atoms with Crippen LogP contribution in [0.25, 0.3) is 0 Å². The van der Waals surface area contributed by atoms with Crippen LogP contribution in [0.2, 0.25) is 0 Å². The van der Waals surface area contributed by atoms with Crippen molar-refractivity contribution in [3.8, 4) is 5.75 Å². The number of rotatable bonds is 3. The summed E-state index contributed by atoms with van der Waals surface area (Å²) >= 11 is 0. The predicted molar refractivity (Wildman–Crippen MR) is 154 cm³/mol. The normalized spacial score (nSPS) is 34.4. The van der Waals surface area contributed by atoms with E-state index in [1.54, 1.807) is 5.56 Å². The second-order valence-corrected chi connectivity index (χ2v) is 16.8. The maximum atomic E-state index is 12.8. The second-order valence-electron chi connectivity index (χ2n) is 13.3. The van der Waals surface area contributed by atoms with Gasteiger partial charge >= 0.3 is 0 Å². The van der Waals surface area contributed by atoms with E-state index >= 15 is 0 Å². The van der Waals surface area contributed by atoms with Gasteiger partial charge in [-0.15, -0.1) is 0 Å². The number of fused-ring (bicyclic) bond motifs is 5. The molecule has 1 saturated heterocycles. The number of nitrogens with zero attached hydrogens (tertiary/aromatic N) is 1. The molecular weight excluding hydrogens is 484 g/mol. The lowest BCUT2D eigenvalue weighted by molar-refractivity contribution is -0.129. The van der Waals surface area contributed by atoms with Gasteiger partial charge in [0.1, 0.15) is 11.5 Å². The van der Waals surface area contributed by atoms with E-state index in [1.165, 1.54) is 17.5 Å². The molecular formula is C30H46N2O2S2. The molecule has 1 aromatic carbocycles. The van der Waals surface area contributed by atoms with Gasteiger partial charge in [-0.25, -0.2) is 0 Å². The maximum absolute atomic E-state index is 12.8. The Bertz CT molecular complexity index is 993. The Morgan fingerprint density at radius 2 is 1.83 bits per heavy atom. The largest absolute Gasteiger partial charge is 0.496 e. The first-order valence-corrected chi connectivity index (χ1v) is 16.2. The SMILES string of the molecule is COc1cc2c(cc1CN1CCNCC(C)(C)SSC(C)(C)C1)C1CCC3(C)C(=O)CCC3C1CC2. The maximum Gasteiger partial charge on any atom is 0.139 e. The molecule has 4 nitrogen and oxygen atoms in total. The molecule has 0 aromatic heterocycles. The highest BCUT2D eigenvalue weighted by atomic mass is 33.1. The second kappa shape index (κ2) is 10.1. The van der Waals surface area contributed by atoms with Crippen molar-refractivity contribution >= 4 is 27.4 Å². The van der Waals surface area contributed by atoms with E-state index in [4.69, 9.17) is 4.74 Å². The lowest BCUT2D eigenvalue weighted by atomic mass is 9.55. The van der Waals surface area contributed by atoms with Crippen LogP contribution in [0.4, 0.5) is 0 Å². The number of nitrogens with one attached hydrogen (secondary N) is 1. The van der Waals surface area contributed by atoms with Crippen molar-refractivity contribution in [3.63, 3.8) is 0 Å². The zero-order chi connectivity index (χ0) is 25.7. The molecule has 1 N–H and O–H groups in total. The first-order chi connectivity index (χ1) is 17.0. The number of hydrogen-bond acceptors (Lipinski definition) is 6. The van der Waals surface area contributed by atoms with Gasteiger partial charge in [-0.05, 0) is 94.7 Å². The highest BCUT2D eigenvalue weighted by Crippen LogP contribution is 2.59. The number of ether oxygens (including phenoxy) is 1. The summed E-state index contributed by atoms with van der Waals surface area (Å²) in [4.78, 5) is 15.4. The van der Waals surface area contributed by atoms with Crippen LogP contribution in [0.5, 0.6) is 5.75 Å². The van der Waals surface area contributed by atoms with E-state index in [1.807, 2.05) is 28.7 Å². The number of aryl methyl sites for hydroxylation is 1. The predicted octanol–water partition coefficient (Wildman–Crippen LogP) is 6.46. The van der Waals surface area contributed by atoms with E-state index in [0.29, 0.717) is 23.5 Å². The van der Waals surface area contributed by atoms with Crippen LogP contribution in [0, 0.1) is 17.3 Å². The minimum absolute atomic E-state index is 0.0570. The Hall–Kier alpha value is -0.690. The first-order valence-electron chi connectivity index (χ1n) is 14.0. The zero-order valence-electron chi connectivity index (χ0n) is 23.2. The Balaban J connectivity index is 1.39. The summed E-state index contributed by atoms with van der Waals surface area (Å²) in [6, 6.07) is 4.86. The van der Waals surface area contributed by atoms with E-state index < -0.39 is 0 Å². The van der Waals surface area contributed by atoms with Crippen molar-refractivity contribution in [1.82, 2.24) is 10.2 Å². The molecule has 6 heteroatoms. The van der Waals surface area contributed by atoms with Gasteiger partial charge < -0.3 is 10.1 Å². The van der Waals surface area contributed by atoms with Gasteiger partial charge in [0.15, 0.2) is 0 Å². The molecule has 4 aliphatic rings. The molecule has 0 bridgehead atoms. The monoisotopic (exact) mass is 530 g/mol. The van der Waals surface area contributed by atoms with Gasteiger partial charge in [0.25, 0.3) is 0 Å². The van der Waals surface area contributed by atoms with Crippen molar-refractivity contribution in [2.24, 2.45) is 17.3 Å². The Labute approximate surface area is 226 Å². The topological polar surface area (TPSA) is 41.6 Å². The summed E-state index contributed by atoms with van der Waals surface area (Å²) in [5, 5.41) is 3.70. The van der Waals surface area contributed by atoms with Crippen LogP contribution in [0.3, 0.4) is 0 Å². The minimum atomic E-state index is -0.0570. The van der Waals surface area contributed by atoms with E-state index in [-0.39, 0.29) is 14.9 Å². The van der Waals surface area contributed by atoms with Crippen LogP contribution in [0.1, 0.15) is 89.3 Å². The van der Waals surface area contributed by atoms with E-state index in [0.717, 1.165) is 70.6 Å². The standard InChI is InChI=1S/C30H46N2O2S2/c1-28(2)18-31-13-14-32(19-29(3,4)36-35-28)17-21-15-24-20(16-26(21)34-6)7-8-23-22(24)11-12-30(5)25(23)9-10-27(30)33/h15-16,22-23,25,31H,7-14,17-19H2,1-6H3. The van der Waals surface area contributed by atoms with Crippen LogP contribution < -0.4 is 10.1 Å². The molecule has 1 aliphatic heterocycles. The van der Waals surface area contributed by atoms with Crippen LogP contribution in [-0.2, 0) is 17.8 Å². The first kappa shape index (κ1) is 26.9. The van der Waals surface area contributed by atoms with Crippen molar-refractivity contribution in [2.45, 2.75) is 95.1 Å². The average Bonchev–Trinajstić information content (AvgIpc) is 3.14. The van der Waals surface area contributed by atoms with Gasteiger partial charge in [0.2, 0.25) is 0 Å². The number of Topliss-reactive ketones (excluding diaryl/α,β-unsaturated/α-hetero) is 1. The summed E-state index contributed by atoms with van der Waals surface area (Å²) in [5.41, 5.74) is 4.33. The molecule has 36 heavy (non-hydrogen) atoms. The fourth-order valence-electron chi connectivity index (χ4n) is 7.63. The Morgan fingerprint density at radius 1 is 1.06 bits per heavy atom. The molecule has 0 amide bonds. The summed E-state index contributed by atoms with van der Waals surface area (Å²) in [7, 11) is 5.88. The molecule has 4 atom stereocenters. The van der Waals surface area contributed by atoms with Crippen molar-refractivity contribution in [1.29, 1.82) is 0 Å². The van der Waals surface area contributed by atoms with Crippen molar-refractivity contribution in [2.75, 3.05) is 33.3 Å². The number of carbonyl (C=O) groups is 1. The molecule has 5 rings (SSSR count). The van der Waals surface area contributed by atoms with E-state index in [9.17, 15) is 4.79 Å². The third kappa shape index (κ3) is 5.26. The summed E-state index contributed by atoms with van der Waals surface area (Å²) in [6.07, 6.45) is 6.49. The minimum Gasteiger partial charge on any atom is -0.496 e. The Kier molecular flexibility index (Phi) is 7.57. The average molecular weight is 531 g/mol. The van der Waals surface area contributed by atoms with Crippen molar-refractivity contribution < 1.29 is 9.53 Å². The van der Waals surface area contributed by atoms with Crippen LogP contribution >= 0.6 is 21.6 Å². The van der Waals surface area contributed by atoms with Gasteiger partial charge in [0.05, 0.1) is 7.11 Å².